The maximum absolute atomic E-state index is 4.07. The quantitative estimate of drug-likeness (QED) is 0.594. The van der Waals surface area contributed by atoms with E-state index in [2.05, 4.69) is 5.10 Å². The van der Waals surface area contributed by atoms with E-state index >= 15 is 0 Å². The monoisotopic (exact) mass is 147 g/mol. The Morgan fingerprint density at radius 2 is 2.00 bits per heavy atom. The zero-order valence-corrected chi connectivity index (χ0v) is 6.31. The Morgan fingerprint density at radius 3 is 2.55 bits per heavy atom. The van der Waals surface area contributed by atoms with E-state index in [9.17, 15) is 0 Å². The molecule has 3 heteroatoms. The Labute approximate surface area is 64.9 Å². The Hall–Kier alpha value is -1.51. The Kier molecular flexibility index (Phi) is 1.28. The van der Waals surface area contributed by atoms with Crippen LogP contribution in [0, 0.1) is 0 Å². The van der Waals surface area contributed by atoms with Crippen molar-refractivity contribution in [2.75, 3.05) is 0 Å². The van der Waals surface area contributed by atoms with Crippen LogP contribution in [0.25, 0.3) is 5.82 Å². The summed E-state index contributed by atoms with van der Waals surface area (Å²) in [5.74, 6) is 1.08. The fourth-order valence-electron chi connectivity index (χ4n) is 1.11. The number of aryl methyl sites for hydroxylation is 1. The van der Waals surface area contributed by atoms with Gasteiger partial charge >= 0.3 is 0 Å². The van der Waals surface area contributed by atoms with Crippen LogP contribution in [0.4, 0.5) is 0 Å². The van der Waals surface area contributed by atoms with Gasteiger partial charge in [0.15, 0.2) is 0 Å². The van der Waals surface area contributed by atoms with Crippen molar-refractivity contribution in [1.82, 2.24) is 14.3 Å². The summed E-state index contributed by atoms with van der Waals surface area (Å²) in [6, 6.07) is 5.96. The predicted octanol–water partition coefficient (Wildman–Crippen LogP) is 1.21. The lowest BCUT2D eigenvalue weighted by molar-refractivity contribution is 0.731. The van der Waals surface area contributed by atoms with Crippen LogP contribution < -0.4 is 0 Å². The molecule has 0 saturated carbocycles. The highest BCUT2D eigenvalue weighted by Gasteiger charge is 1.96. The van der Waals surface area contributed by atoms with Crippen LogP contribution >= 0.6 is 0 Å². The van der Waals surface area contributed by atoms with Gasteiger partial charge in [-0.05, 0) is 12.1 Å². The summed E-state index contributed by atoms with van der Waals surface area (Å²) >= 11 is 0. The van der Waals surface area contributed by atoms with Crippen LogP contribution in [0.3, 0.4) is 0 Å². The topological polar surface area (TPSA) is 22.8 Å². The van der Waals surface area contributed by atoms with E-state index in [-0.39, 0.29) is 0 Å². The fourth-order valence-corrected chi connectivity index (χ4v) is 1.11. The maximum Gasteiger partial charge on any atom is 0.134 e. The van der Waals surface area contributed by atoms with Crippen LogP contribution in [-0.2, 0) is 7.05 Å². The maximum atomic E-state index is 4.07. The van der Waals surface area contributed by atoms with Crippen molar-refractivity contribution in [3.05, 3.63) is 36.8 Å². The molecule has 0 aliphatic carbocycles. The summed E-state index contributed by atoms with van der Waals surface area (Å²) in [4.78, 5) is 0. The van der Waals surface area contributed by atoms with Gasteiger partial charge in [0, 0.05) is 25.5 Å². The average Bonchev–Trinajstić information content (AvgIpc) is 2.55. The summed E-state index contributed by atoms with van der Waals surface area (Å²) in [5.41, 5.74) is 0. The third kappa shape index (κ3) is 0.941. The Morgan fingerprint density at radius 1 is 1.27 bits per heavy atom. The third-order valence-corrected chi connectivity index (χ3v) is 1.66. The minimum absolute atomic E-state index is 1.08. The van der Waals surface area contributed by atoms with Crippen molar-refractivity contribution in [3.63, 3.8) is 0 Å². The van der Waals surface area contributed by atoms with Crippen molar-refractivity contribution in [2.24, 2.45) is 7.05 Å². The summed E-state index contributed by atoms with van der Waals surface area (Å²) < 4.78 is 3.85. The molecule has 2 aromatic heterocycles. The molecule has 0 spiro atoms. The van der Waals surface area contributed by atoms with Gasteiger partial charge in [0.25, 0.3) is 0 Å². The molecule has 2 aromatic rings. The molecule has 0 aliphatic heterocycles. The molecular weight excluding hydrogens is 138 g/mol. The molecule has 0 radical (unpaired) electrons. The van der Waals surface area contributed by atoms with Crippen LogP contribution in [-0.4, -0.2) is 14.3 Å². The molecule has 0 bridgehead atoms. The van der Waals surface area contributed by atoms with Gasteiger partial charge in [-0.1, -0.05) is 0 Å². The number of hydrogen-bond donors (Lipinski definition) is 0. The minimum Gasteiger partial charge on any atom is -0.309 e. The average molecular weight is 147 g/mol. The van der Waals surface area contributed by atoms with Gasteiger partial charge in [0.2, 0.25) is 0 Å². The molecule has 0 unspecified atom stereocenters. The molecule has 0 aliphatic rings. The van der Waals surface area contributed by atoms with Crippen molar-refractivity contribution in [2.45, 2.75) is 0 Å². The van der Waals surface area contributed by atoms with Crippen LogP contribution in [0.15, 0.2) is 36.8 Å². The minimum atomic E-state index is 1.08. The normalized spacial score (nSPS) is 10.3. The molecule has 0 aromatic carbocycles. The van der Waals surface area contributed by atoms with Gasteiger partial charge < -0.3 is 4.57 Å². The van der Waals surface area contributed by atoms with Crippen molar-refractivity contribution < 1.29 is 0 Å². The van der Waals surface area contributed by atoms with Crippen LogP contribution in [0.2, 0.25) is 0 Å². The fraction of sp³-hybridized carbons (Fsp3) is 0.125. The Balaban J connectivity index is 2.53. The van der Waals surface area contributed by atoms with E-state index in [1.54, 1.807) is 6.20 Å². The standard InChI is InChI=1S/C8H9N3/c1-10-8(4-5-9-10)11-6-2-3-7-11/h2-7H,1H3. The van der Waals surface area contributed by atoms with Crippen LogP contribution in [0.1, 0.15) is 0 Å². The van der Waals surface area contributed by atoms with E-state index in [1.807, 2.05) is 46.9 Å². The first kappa shape index (κ1) is 6.22. The molecular formula is C8H9N3. The number of aromatic nitrogens is 3. The number of rotatable bonds is 1. The summed E-state index contributed by atoms with van der Waals surface area (Å²) in [7, 11) is 1.93. The van der Waals surface area contributed by atoms with E-state index < -0.39 is 0 Å². The molecule has 0 saturated heterocycles. The molecule has 0 fully saturated rings. The van der Waals surface area contributed by atoms with Crippen molar-refractivity contribution in [1.29, 1.82) is 0 Å². The lowest BCUT2D eigenvalue weighted by Crippen LogP contribution is -1.99. The van der Waals surface area contributed by atoms with Crippen LogP contribution in [0.5, 0.6) is 0 Å². The molecule has 0 N–H and O–H groups in total. The van der Waals surface area contributed by atoms with Crippen molar-refractivity contribution in [3.8, 4) is 5.82 Å². The van der Waals surface area contributed by atoms with Gasteiger partial charge in [-0.25, -0.2) is 0 Å². The first-order valence-corrected chi connectivity index (χ1v) is 3.49. The predicted molar refractivity (Wildman–Crippen MR) is 42.5 cm³/mol. The first-order chi connectivity index (χ1) is 5.38. The highest BCUT2D eigenvalue weighted by Crippen LogP contribution is 2.04. The Bertz CT molecular complexity index is 332. The van der Waals surface area contributed by atoms with Gasteiger partial charge in [0.1, 0.15) is 5.82 Å². The van der Waals surface area contributed by atoms with Gasteiger partial charge in [-0.2, -0.15) is 5.10 Å². The van der Waals surface area contributed by atoms with Gasteiger partial charge in [0.05, 0.1) is 6.20 Å². The second kappa shape index (κ2) is 2.27. The molecule has 3 nitrogen and oxygen atoms in total. The van der Waals surface area contributed by atoms with E-state index in [4.69, 9.17) is 0 Å². The van der Waals surface area contributed by atoms with E-state index in [1.165, 1.54) is 0 Å². The zero-order chi connectivity index (χ0) is 7.68. The van der Waals surface area contributed by atoms with Gasteiger partial charge in [-0.3, -0.25) is 4.68 Å². The largest absolute Gasteiger partial charge is 0.309 e. The van der Waals surface area contributed by atoms with Crippen molar-refractivity contribution >= 4 is 0 Å². The van der Waals surface area contributed by atoms with E-state index in [0.717, 1.165) is 5.82 Å². The highest BCUT2D eigenvalue weighted by atomic mass is 15.3. The summed E-state index contributed by atoms with van der Waals surface area (Å²) in [6.07, 6.45) is 5.78. The summed E-state index contributed by atoms with van der Waals surface area (Å²) in [5, 5.41) is 4.07. The molecule has 0 atom stereocenters. The lowest BCUT2D eigenvalue weighted by atomic mass is 10.6. The van der Waals surface area contributed by atoms with Gasteiger partial charge in [-0.15, -0.1) is 0 Å². The zero-order valence-electron chi connectivity index (χ0n) is 6.31. The van der Waals surface area contributed by atoms with E-state index in [0.29, 0.717) is 0 Å². The SMILES string of the molecule is Cn1nccc1-n1cccc1. The molecule has 11 heavy (non-hydrogen) atoms. The lowest BCUT2D eigenvalue weighted by Gasteiger charge is -2.00. The molecule has 0 amide bonds. The summed E-state index contributed by atoms with van der Waals surface area (Å²) in [6.45, 7) is 0. The first-order valence-electron chi connectivity index (χ1n) is 3.49. The number of hydrogen-bond acceptors (Lipinski definition) is 1. The second-order valence-electron chi connectivity index (χ2n) is 2.40. The molecule has 2 rings (SSSR count). The molecule has 2 heterocycles. The number of nitrogens with zero attached hydrogens (tertiary/aromatic N) is 3. The third-order valence-electron chi connectivity index (χ3n) is 1.66. The second-order valence-corrected chi connectivity index (χ2v) is 2.40. The highest BCUT2D eigenvalue weighted by molar-refractivity contribution is 5.21. The smallest absolute Gasteiger partial charge is 0.134 e. The molecule has 56 valence electrons.